The predicted octanol–water partition coefficient (Wildman–Crippen LogP) is 2.71. The van der Waals surface area contributed by atoms with E-state index in [2.05, 4.69) is 33.8 Å². The number of anilines is 1. The summed E-state index contributed by atoms with van der Waals surface area (Å²) in [6, 6.07) is 7.08. The molecule has 5 heterocycles. The fraction of sp³-hybridized carbons (Fsp3) is 0.593. The van der Waals surface area contributed by atoms with Crippen LogP contribution in [0.5, 0.6) is 0 Å². The molecule has 1 unspecified atom stereocenters. The van der Waals surface area contributed by atoms with Gasteiger partial charge in [-0.25, -0.2) is 14.6 Å². The molecule has 37 heavy (non-hydrogen) atoms. The second-order valence-electron chi connectivity index (χ2n) is 10.4. The Morgan fingerprint density at radius 2 is 1.73 bits per heavy atom. The fourth-order valence-corrected chi connectivity index (χ4v) is 6.11. The number of aliphatic hydroxyl groups is 1. The van der Waals surface area contributed by atoms with Gasteiger partial charge < -0.3 is 19.5 Å². The van der Waals surface area contributed by atoms with Crippen LogP contribution in [0.3, 0.4) is 0 Å². The van der Waals surface area contributed by atoms with Crippen molar-refractivity contribution in [3.05, 3.63) is 41.3 Å². The summed E-state index contributed by atoms with van der Waals surface area (Å²) in [4.78, 5) is 14.2. The Morgan fingerprint density at radius 3 is 2.49 bits per heavy atom. The van der Waals surface area contributed by atoms with E-state index in [0.29, 0.717) is 37.5 Å². The third-order valence-corrected chi connectivity index (χ3v) is 8.11. The Kier molecular flexibility index (Phi) is 8.02. The van der Waals surface area contributed by atoms with E-state index in [-0.39, 0.29) is 26.1 Å². The van der Waals surface area contributed by atoms with Gasteiger partial charge in [0.05, 0.1) is 44.2 Å². The third-order valence-electron chi connectivity index (χ3n) is 8.11. The molecule has 3 aliphatic heterocycles. The smallest absolute Gasteiger partial charge is 0.159 e. The van der Waals surface area contributed by atoms with Crippen LogP contribution in [0.25, 0.3) is 16.7 Å². The minimum Gasteiger partial charge on any atom is -0.394 e. The van der Waals surface area contributed by atoms with Crippen molar-refractivity contribution in [1.29, 1.82) is 0 Å². The number of morpholine rings is 1. The Bertz CT molecular complexity index is 1220. The van der Waals surface area contributed by atoms with Crippen LogP contribution in [0, 0.1) is 13.8 Å². The lowest BCUT2D eigenvalue weighted by atomic mass is 9.86. The molecular weight excluding hydrogens is 488 g/mol. The maximum atomic E-state index is 9.85. The van der Waals surface area contributed by atoms with Crippen LogP contribution in [0.15, 0.2) is 24.4 Å². The lowest BCUT2D eigenvalue weighted by Crippen LogP contribution is -2.48. The first kappa shape index (κ1) is 26.4. The van der Waals surface area contributed by atoms with Gasteiger partial charge in [0.25, 0.3) is 0 Å². The molecule has 3 fully saturated rings. The number of ether oxygens (including phenoxy) is 2. The number of hydrogen-bond acceptors (Lipinski definition) is 8. The molecule has 3 saturated heterocycles. The molecule has 0 amide bonds. The van der Waals surface area contributed by atoms with Crippen LogP contribution >= 0.6 is 13.5 Å². The molecule has 0 bridgehead atoms. The van der Waals surface area contributed by atoms with E-state index in [9.17, 15) is 5.11 Å². The van der Waals surface area contributed by atoms with Crippen molar-refractivity contribution in [3.63, 3.8) is 0 Å². The van der Waals surface area contributed by atoms with Crippen molar-refractivity contribution in [2.24, 2.45) is 0 Å². The number of hydrogen-bond donors (Lipinski definition) is 1. The number of likely N-dealkylation sites (tertiary alicyclic amines) is 1. The SMILES string of the molecule is Cc1nc(N2CCOC[C@@H]2CO)cc(-n2ncc3cc(C)c(C4CCN(C5CCOC5)CC4)cc32)n1.S. The lowest BCUT2D eigenvalue weighted by molar-refractivity contribution is 0.0722. The van der Waals surface area contributed by atoms with Crippen molar-refractivity contribution in [2.75, 3.05) is 57.6 Å². The lowest BCUT2D eigenvalue weighted by Gasteiger charge is -2.36. The summed E-state index contributed by atoms with van der Waals surface area (Å²) in [6.07, 6.45) is 5.44. The fourth-order valence-electron chi connectivity index (χ4n) is 6.11. The van der Waals surface area contributed by atoms with Gasteiger partial charge in [-0.05, 0) is 75.4 Å². The molecule has 10 heteroatoms. The minimum atomic E-state index is -0.105. The van der Waals surface area contributed by atoms with E-state index in [1.165, 1.54) is 30.4 Å². The summed E-state index contributed by atoms with van der Waals surface area (Å²) in [5.41, 5.74) is 3.83. The van der Waals surface area contributed by atoms with Gasteiger partial charge in [-0.3, -0.25) is 4.90 Å². The highest BCUT2D eigenvalue weighted by Crippen LogP contribution is 2.34. The first-order valence-corrected chi connectivity index (χ1v) is 13.2. The quantitative estimate of drug-likeness (QED) is 0.543. The van der Waals surface area contributed by atoms with Crippen LogP contribution in [0.2, 0.25) is 0 Å². The van der Waals surface area contributed by atoms with Crippen LogP contribution in [0.4, 0.5) is 5.82 Å². The first-order valence-electron chi connectivity index (χ1n) is 13.2. The number of benzene rings is 1. The molecular formula is C27H38N6O3S. The third kappa shape index (κ3) is 5.22. The molecule has 3 aromatic rings. The Balaban J connectivity index is 0.00000280. The average molecular weight is 527 g/mol. The van der Waals surface area contributed by atoms with E-state index in [1.807, 2.05) is 23.9 Å². The second kappa shape index (κ2) is 11.2. The van der Waals surface area contributed by atoms with Crippen molar-refractivity contribution in [3.8, 4) is 5.82 Å². The topological polar surface area (TPSA) is 88.8 Å². The highest BCUT2D eigenvalue weighted by atomic mass is 32.1. The van der Waals surface area contributed by atoms with E-state index in [4.69, 9.17) is 19.6 Å². The summed E-state index contributed by atoms with van der Waals surface area (Å²) >= 11 is 0. The highest BCUT2D eigenvalue weighted by molar-refractivity contribution is 7.59. The average Bonchev–Trinajstić information content (AvgIpc) is 3.58. The number of rotatable bonds is 5. The van der Waals surface area contributed by atoms with E-state index in [1.54, 1.807) is 0 Å². The number of nitrogens with zero attached hydrogens (tertiary/aromatic N) is 6. The zero-order valence-corrected chi connectivity index (χ0v) is 22.8. The monoisotopic (exact) mass is 526 g/mol. The number of aliphatic hydroxyl groups excluding tert-OH is 1. The second-order valence-corrected chi connectivity index (χ2v) is 10.4. The molecule has 2 atom stereocenters. The molecule has 3 aliphatic rings. The number of fused-ring (bicyclic) bond motifs is 1. The molecule has 0 aliphatic carbocycles. The van der Waals surface area contributed by atoms with Crippen molar-refractivity contribution in [2.45, 2.75) is 51.1 Å². The Morgan fingerprint density at radius 1 is 0.946 bits per heavy atom. The summed E-state index contributed by atoms with van der Waals surface area (Å²) in [7, 11) is 0. The maximum absolute atomic E-state index is 9.85. The molecule has 0 radical (unpaired) electrons. The largest absolute Gasteiger partial charge is 0.394 e. The summed E-state index contributed by atoms with van der Waals surface area (Å²) in [5.74, 6) is 2.79. The molecule has 6 rings (SSSR count). The van der Waals surface area contributed by atoms with Gasteiger partial charge in [0.1, 0.15) is 11.6 Å². The van der Waals surface area contributed by atoms with Crippen molar-refractivity contribution in [1.82, 2.24) is 24.6 Å². The number of aromatic nitrogens is 4. The van der Waals surface area contributed by atoms with Crippen molar-refractivity contribution < 1.29 is 14.6 Å². The minimum absolute atomic E-state index is 0. The van der Waals surface area contributed by atoms with E-state index >= 15 is 0 Å². The van der Waals surface area contributed by atoms with Gasteiger partial charge in [0, 0.05) is 30.6 Å². The molecule has 1 N–H and O–H groups in total. The van der Waals surface area contributed by atoms with Gasteiger partial charge in [0.15, 0.2) is 5.82 Å². The molecule has 1 aromatic carbocycles. The van der Waals surface area contributed by atoms with Crippen LogP contribution in [0.1, 0.15) is 42.1 Å². The van der Waals surface area contributed by atoms with Crippen molar-refractivity contribution >= 4 is 30.2 Å². The van der Waals surface area contributed by atoms with Gasteiger partial charge >= 0.3 is 0 Å². The number of aryl methyl sites for hydroxylation is 2. The normalized spacial score (nSPS) is 23.5. The van der Waals surface area contributed by atoms with Crippen LogP contribution < -0.4 is 4.90 Å². The standard InChI is InChI=1S/C27H36N6O3.H2S/c1-18-11-21-14-28-33(27-13-26(29-19(2)30-27)32-8-10-36-17-23(32)15-34)25(21)12-24(18)20-3-6-31(7-4-20)22-5-9-35-16-22;/h11-14,20,22-23,34H,3-10,15-17H2,1-2H3;1H2/t22?,23-;/m0./s1. The van der Waals surface area contributed by atoms with E-state index in [0.717, 1.165) is 48.8 Å². The predicted molar refractivity (Wildman–Crippen MR) is 148 cm³/mol. The Labute approximate surface area is 225 Å². The molecule has 0 spiro atoms. The number of piperidine rings is 1. The van der Waals surface area contributed by atoms with Crippen LogP contribution in [-0.2, 0) is 9.47 Å². The van der Waals surface area contributed by atoms with E-state index < -0.39 is 0 Å². The van der Waals surface area contributed by atoms with Gasteiger partial charge in [-0.1, -0.05) is 0 Å². The molecule has 2 aromatic heterocycles. The van der Waals surface area contributed by atoms with Gasteiger partial charge in [0.2, 0.25) is 0 Å². The highest BCUT2D eigenvalue weighted by Gasteiger charge is 2.29. The summed E-state index contributed by atoms with van der Waals surface area (Å²) in [6.45, 7) is 10.0. The Hall–Kier alpha value is -2.24. The first-order chi connectivity index (χ1) is 17.6. The molecule has 9 nitrogen and oxygen atoms in total. The molecule has 0 saturated carbocycles. The summed E-state index contributed by atoms with van der Waals surface area (Å²) in [5, 5.41) is 15.7. The summed E-state index contributed by atoms with van der Waals surface area (Å²) < 4.78 is 13.1. The zero-order chi connectivity index (χ0) is 24.6. The maximum Gasteiger partial charge on any atom is 0.159 e. The molecule has 200 valence electrons. The van der Waals surface area contributed by atoms with Gasteiger partial charge in [-0.2, -0.15) is 18.6 Å². The van der Waals surface area contributed by atoms with Gasteiger partial charge in [-0.15, -0.1) is 0 Å². The van der Waals surface area contributed by atoms with Crippen LogP contribution in [-0.4, -0.2) is 94.5 Å². The zero-order valence-electron chi connectivity index (χ0n) is 21.8.